The number of benzene rings is 2. The van der Waals surface area contributed by atoms with Crippen molar-refractivity contribution >= 4 is 17.5 Å². The van der Waals surface area contributed by atoms with Gasteiger partial charge in [0, 0.05) is 16.8 Å². The molecule has 2 aromatic carbocycles. The Kier molecular flexibility index (Phi) is 3.94. The van der Waals surface area contributed by atoms with Crippen LogP contribution in [0.15, 0.2) is 66.4 Å². The molecule has 0 spiro atoms. The van der Waals surface area contributed by atoms with Gasteiger partial charge in [-0.15, -0.1) is 5.12 Å². The molecule has 5 atom stereocenters. The van der Waals surface area contributed by atoms with E-state index in [0.717, 1.165) is 11.3 Å². The van der Waals surface area contributed by atoms with Crippen molar-refractivity contribution in [1.82, 2.24) is 20.5 Å². The van der Waals surface area contributed by atoms with Crippen LogP contribution in [0.25, 0.3) is 0 Å². The predicted molar refractivity (Wildman–Crippen MR) is 101 cm³/mol. The molecule has 2 fully saturated rings. The molecule has 0 aromatic heterocycles. The lowest BCUT2D eigenvalue weighted by atomic mass is 10.1. The number of carbonyl (C=O) groups is 1. The van der Waals surface area contributed by atoms with E-state index in [0.29, 0.717) is 11.6 Å². The number of carbonyl (C=O) groups excluding carboxylic acids is 1. The number of fused-ring (bicyclic) bond motifs is 4. The van der Waals surface area contributed by atoms with Crippen LogP contribution in [0.3, 0.4) is 0 Å². The first-order valence-corrected chi connectivity index (χ1v) is 9.31. The molecule has 6 nitrogen and oxygen atoms in total. The minimum absolute atomic E-state index is 0.0302. The molecular weight excluding hydrogens is 364 g/mol. The fourth-order valence-corrected chi connectivity index (χ4v) is 3.99. The van der Waals surface area contributed by atoms with E-state index >= 15 is 0 Å². The first kappa shape index (κ1) is 16.8. The van der Waals surface area contributed by atoms with Gasteiger partial charge < -0.3 is 10.1 Å². The summed E-state index contributed by atoms with van der Waals surface area (Å²) in [5.74, 6) is -0.0302. The third-order valence-corrected chi connectivity index (χ3v) is 5.47. The van der Waals surface area contributed by atoms with E-state index in [4.69, 9.17) is 16.3 Å². The second kappa shape index (κ2) is 6.35. The third-order valence-electron chi connectivity index (χ3n) is 5.12. The molecule has 7 heteroatoms. The van der Waals surface area contributed by atoms with Crippen LogP contribution < -0.4 is 5.32 Å². The van der Waals surface area contributed by atoms with Gasteiger partial charge in [-0.05, 0) is 24.1 Å². The Balaban J connectivity index is 1.24. The molecule has 0 radical (unpaired) electrons. The average Bonchev–Trinajstić information content (AvgIpc) is 3.33. The lowest BCUT2D eigenvalue weighted by Crippen LogP contribution is -2.66. The second-order valence-corrected chi connectivity index (χ2v) is 7.24. The van der Waals surface area contributed by atoms with Gasteiger partial charge >= 0.3 is 0 Å². The number of rotatable bonds is 5. The molecule has 3 aliphatic rings. The summed E-state index contributed by atoms with van der Waals surface area (Å²) in [5, 5.41) is 9.91. The van der Waals surface area contributed by atoms with Gasteiger partial charge in [0.1, 0.15) is 6.17 Å². The van der Waals surface area contributed by atoms with E-state index in [9.17, 15) is 4.79 Å². The van der Waals surface area contributed by atoms with Gasteiger partial charge in [-0.3, -0.25) is 4.79 Å². The van der Waals surface area contributed by atoms with Crippen LogP contribution >= 0.6 is 11.6 Å². The first-order chi connectivity index (χ1) is 13.1. The zero-order valence-corrected chi connectivity index (χ0v) is 15.5. The van der Waals surface area contributed by atoms with Gasteiger partial charge in [0.25, 0.3) is 5.91 Å². The molecule has 5 unspecified atom stereocenters. The zero-order chi connectivity index (χ0) is 18.5. The largest absolute Gasteiger partial charge is 0.368 e. The summed E-state index contributed by atoms with van der Waals surface area (Å²) in [6, 6.07) is 17.8. The number of nitrogens with zero attached hydrogens (tertiary/aromatic N) is 3. The second-order valence-electron chi connectivity index (χ2n) is 6.83. The Morgan fingerprint density at radius 3 is 2.67 bits per heavy atom. The van der Waals surface area contributed by atoms with Crippen molar-refractivity contribution < 1.29 is 9.53 Å². The molecule has 27 heavy (non-hydrogen) atoms. The predicted octanol–water partition coefficient (Wildman–Crippen LogP) is 3.18. The summed E-state index contributed by atoms with van der Waals surface area (Å²) < 4.78 is 5.95. The number of nitrogens with one attached hydrogen (secondary N) is 1. The minimum atomic E-state index is -0.161. The number of halogens is 1. The van der Waals surface area contributed by atoms with Gasteiger partial charge in [-0.2, -0.15) is 5.01 Å². The van der Waals surface area contributed by atoms with E-state index < -0.39 is 0 Å². The van der Waals surface area contributed by atoms with E-state index in [1.54, 1.807) is 11.1 Å². The van der Waals surface area contributed by atoms with E-state index in [1.165, 1.54) is 5.56 Å². The maximum absolute atomic E-state index is 12.5. The topological polar surface area (TPSA) is 47.6 Å². The zero-order valence-electron chi connectivity index (χ0n) is 14.7. The van der Waals surface area contributed by atoms with Crippen LogP contribution in [0.1, 0.15) is 30.3 Å². The number of hydrazine groups is 2. The van der Waals surface area contributed by atoms with Gasteiger partial charge in [-0.1, -0.05) is 60.1 Å². The summed E-state index contributed by atoms with van der Waals surface area (Å²) in [7, 11) is 0. The van der Waals surface area contributed by atoms with Crippen LogP contribution in [0.4, 0.5) is 0 Å². The highest BCUT2D eigenvalue weighted by Crippen LogP contribution is 2.53. The summed E-state index contributed by atoms with van der Waals surface area (Å²) in [6.07, 6.45) is 1.41. The molecule has 3 heterocycles. The Morgan fingerprint density at radius 1 is 1.15 bits per heavy atom. The van der Waals surface area contributed by atoms with E-state index in [-0.39, 0.29) is 24.5 Å². The molecule has 0 saturated carbocycles. The SMILES string of the molecule is CC(OCC1=CC(=O)N2C(N1)N1C(c3ccccc3)N21)c1ccccc1Cl. The first-order valence-electron chi connectivity index (χ1n) is 8.94. The van der Waals surface area contributed by atoms with Crippen molar-refractivity contribution in [2.24, 2.45) is 0 Å². The summed E-state index contributed by atoms with van der Waals surface area (Å²) >= 11 is 6.23. The Hall–Kier alpha value is -2.38. The maximum atomic E-state index is 12.5. The lowest BCUT2D eigenvalue weighted by molar-refractivity contribution is -0.201. The van der Waals surface area contributed by atoms with Crippen molar-refractivity contribution in [1.29, 1.82) is 0 Å². The van der Waals surface area contributed by atoms with Crippen molar-refractivity contribution in [3.8, 4) is 0 Å². The Labute approximate surface area is 162 Å². The quantitative estimate of drug-likeness (QED) is 0.805. The number of hydrogen-bond acceptors (Lipinski definition) is 5. The Bertz CT molecular complexity index is 919. The fraction of sp³-hybridized carbons (Fsp3) is 0.250. The molecular formula is C20H19ClN4O2. The highest BCUT2D eigenvalue weighted by molar-refractivity contribution is 6.31. The summed E-state index contributed by atoms with van der Waals surface area (Å²) in [6.45, 7) is 2.28. The molecule has 1 amide bonds. The maximum Gasteiger partial charge on any atom is 0.266 e. The molecule has 2 aromatic rings. The van der Waals surface area contributed by atoms with Crippen molar-refractivity contribution in [3.05, 3.63) is 82.5 Å². The Morgan fingerprint density at radius 2 is 1.89 bits per heavy atom. The highest BCUT2D eigenvalue weighted by atomic mass is 35.5. The normalized spacial score (nSPS) is 29.0. The molecule has 1 N–H and O–H groups in total. The van der Waals surface area contributed by atoms with E-state index in [1.807, 2.05) is 54.5 Å². The smallest absolute Gasteiger partial charge is 0.266 e. The van der Waals surface area contributed by atoms with Gasteiger partial charge in [0.2, 0.25) is 0 Å². The number of ether oxygens (including phenoxy) is 1. The van der Waals surface area contributed by atoms with Crippen molar-refractivity contribution in [2.75, 3.05) is 6.61 Å². The van der Waals surface area contributed by atoms with Crippen LogP contribution in [-0.4, -0.2) is 33.9 Å². The van der Waals surface area contributed by atoms with Gasteiger partial charge in [0.15, 0.2) is 6.29 Å². The van der Waals surface area contributed by atoms with Crippen LogP contribution in [-0.2, 0) is 9.53 Å². The molecule has 138 valence electrons. The summed E-state index contributed by atoms with van der Waals surface area (Å²) in [5.41, 5.74) is 2.89. The summed E-state index contributed by atoms with van der Waals surface area (Å²) in [4.78, 5) is 12.5. The van der Waals surface area contributed by atoms with Crippen molar-refractivity contribution in [3.63, 3.8) is 0 Å². The lowest BCUT2D eigenvalue weighted by Gasteiger charge is -2.43. The highest BCUT2D eigenvalue weighted by Gasteiger charge is 2.68. The van der Waals surface area contributed by atoms with Crippen LogP contribution in [0, 0.1) is 0 Å². The van der Waals surface area contributed by atoms with Crippen molar-refractivity contribution in [2.45, 2.75) is 25.5 Å². The third kappa shape index (κ3) is 2.73. The van der Waals surface area contributed by atoms with E-state index in [2.05, 4.69) is 22.5 Å². The average molecular weight is 383 g/mol. The van der Waals surface area contributed by atoms with Crippen LogP contribution in [0.2, 0.25) is 5.02 Å². The molecule has 2 saturated heterocycles. The van der Waals surface area contributed by atoms with Gasteiger partial charge in [-0.25, -0.2) is 5.01 Å². The fourth-order valence-electron chi connectivity index (χ4n) is 3.70. The molecule has 5 rings (SSSR count). The standard InChI is InChI=1S/C20H19ClN4O2/c1-13(16-9-5-6-10-17(16)21)27-12-15-11-18(26)23-20(22-15)24-19(25(23)24)14-7-3-2-4-8-14/h2-11,13,19-20,22H,12H2,1H3. The number of amides is 1. The van der Waals surface area contributed by atoms with Crippen LogP contribution in [0.5, 0.6) is 0 Å². The molecule has 0 aliphatic carbocycles. The minimum Gasteiger partial charge on any atom is -0.368 e. The molecule has 0 bridgehead atoms. The number of hydrogen-bond donors (Lipinski definition) is 1. The van der Waals surface area contributed by atoms with Gasteiger partial charge in [0.05, 0.1) is 12.7 Å². The monoisotopic (exact) mass is 382 g/mol. The molecule has 3 aliphatic heterocycles.